The van der Waals surface area contributed by atoms with Crippen molar-refractivity contribution in [1.29, 1.82) is 0 Å². The van der Waals surface area contributed by atoms with Crippen molar-refractivity contribution in [3.05, 3.63) is 29.3 Å². The summed E-state index contributed by atoms with van der Waals surface area (Å²) in [5, 5.41) is 3.47. The number of aryl methyl sites for hydroxylation is 2. The van der Waals surface area contributed by atoms with Crippen molar-refractivity contribution in [2.75, 3.05) is 20.1 Å². The van der Waals surface area contributed by atoms with Crippen LogP contribution in [0.3, 0.4) is 0 Å². The molecule has 0 saturated carbocycles. The highest BCUT2D eigenvalue weighted by Crippen LogP contribution is 2.15. The van der Waals surface area contributed by atoms with Crippen LogP contribution in [0.15, 0.2) is 12.3 Å². The SMILES string of the molecule is Cc1cc(C)n2cc(CN(C)C3CCCNCC3)nc2n1. The van der Waals surface area contributed by atoms with E-state index in [1.165, 1.54) is 25.0 Å². The van der Waals surface area contributed by atoms with Gasteiger partial charge in [0.1, 0.15) is 0 Å². The van der Waals surface area contributed by atoms with Gasteiger partial charge in [-0.1, -0.05) is 0 Å². The molecule has 0 aromatic carbocycles. The lowest BCUT2D eigenvalue weighted by atomic mass is 10.1. The van der Waals surface area contributed by atoms with E-state index < -0.39 is 0 Å². The summed E-state index contributed by atoms with van der Waals surface area (Å²) in [5.41, 5.74) is 3.33. The second-order valence-corrected chi connectivity index (χ2v) is 6.19. The van der Waals surface area contributed by atoms with Crippen LogP contribution in [0.4, 0.5) is 0 Å². The molecule has 2 aromatic heterocycles. The van der Waals surface area contributed by atoms with E-state index >= 15 is 0 Å². The minimum atomic E-state index is 0.653. The quantitative estimate of drug-likeness (QED) is 0.937. The van der Waals surface area contributed by atoms with Crippen LogP contribution in [-0.2, 0) is 6.54 Å². The molecule has 1 saturated heterocycles. The predicted molar refractivity (Wildman–Crippen MR) is 84.4 cm³/mol. The molecule has 2 aromatic rings. The molecule has 0 spiro atoms. The van der Waals surface area contributed by atoms with Crippen LogP contribution in [0.5, 0.6) is 0 Å². The second kappa shape index (κ2) is 6.12. The molecule has 3 heterocycles. The first-order valence-electron chi connectivity index (χ1n) is 7.86. The topological polar surface area (TPSA) is 45.5 Å². The average molecular weight is 287 g/mol. The summed E-state index contributed by atoms with van der Waals surface area (Å²) in [7, 11) is 2.21. The standard InChI is InChI=1S/C16H25N5/c1-12-9-13(2)21-11-14(19-16(21)18-12)10-20(3)15-5-4-7-17-8-6-15/h9,11,15,17H,4-8,10H2,1-3H3. The Hall–Kier alpha value is -1.46. The van der Waals surface area contributed by atoms with E-state index in [-0.39, 0.29) is 0 Å². The zero-order chi connectivity index (χ0) is 14.8. The third-order valence-electron chi connectivity index (χ3n) is 4.39. The summed E-state index contributed by atoms with van der Waals surface area (Å²) < 4.78 is 2.09. The molecule has 3 rings (SSSR count). The van der Waals surface area contributed by atoms with E-state index in [0.717, 1.165) is 36.8 Å². The number of hydrogen-bond donors (Lipinski definition) is 1. The van der Waals surface area contributed by atoms with Crippen molar-refractivity contribution in [3.63, 3.8) is 0 Å². The first-order chi connectivity index (χ1) is 10.1. The molecule has 5 heteroatoms. The largest absolute Gasteiger partial charge is 0.317 e. The van der Waals surface area contributed by atoms with Gasteiger partial charge >= 0.3 is 0 Å². The maximum absolute atomic E-state index is 4.69. The summed E-state index contributed by atoms with van der Waals surface area (Å²) in [6.45, 7) is 7.30. The van der Waals surface area contributed by atoms with E-state index in [1.807, 2.05) is 6.92 Å². The van der Waals surface area contributed by atoms with E-state index in [0.29, 0.717) is 6.04 Å². The fourth-order valence-electron chi connectivity index (χ4n) is 3.22. The summed E-state index contributed by atoms with van der Waals surface area (Å²) in [4.78, 5) is 11.6. The van der Waals surface area contributed by atoms with E-state index in [9.17, 15) is 0 Å². The zero-order valence-corrected chi connectivity index (χ0v) is 13.3. The van der Waals surface area contributed by atoms with Gasteiger partial charge in [-0.05, 0) is 59.3 Å². The van der Waals surface area contributed by atoms with Crippen molar-refractivity contribution in [2.45, 2.75) is 45.7 Å². The number of hydrogen-bond acceptors (Lipinski definition) is 4. The van der Waals surface area contributed by atoms with Crippen LogP contribution in [0.2, 0.25) is 0 Å². The highest BCUT2D eigenvalue weighted by molar-refractivity contribution is 5.34. The van der Waals surface area contributed by atoms with Gasteiger partial charge in [-0.15, -0.1) is 0 Å². The molecular formula is C16H25N5. The number of aromatic nitrogens is 3. The Labute approximate surface area is 126 Å². The highest BCUT2D eigenvalue weighted by Gasteiger charge is 2.18. The number of imidazole rings is 1. The van der Waals surface area contributed by atoms with Crippen molar-refractivity contribution in [3.8, 4) is 0 Å². The third-order valence-corrected chi connectivity index (χ3v) is 4.39. The molecule has 21 heavy (non-hydrogen) atoms. The first-order valence-corrected chi connectivity index (χ1v) is 7.86. The molecular weight excluding hydrogens is 262 g/mol. The van der Waals surface area contributed by atoms with Crippen LogP contribution in [-0.4, -0.2) is 45.4 Å². The Morgan fingerprint density at radius 2 is 2.14 bits per heavy atom. The Morgan fingerprint density at radius 1 is 1.29 bits per heavy atom. The lowest BCUT2D eigenvalue weighted by molar-refractivity contribution is 0.214. The monoisotopic (exact) mass is 287 g/mol. The van der Waals surface area contributed by atoms with Crippen molar-refractivity contribution < 1.29 is 0 Å². The Bertz CT molecular complexity index is 610. The zero-order valence-electron chi connectivity index (χ0n) is 13.3. The summed E-state index contributed by atoms with van der Waals surface area (Å²) in [5.74, 6) is 0.818. The first kappa shape index (κ1) is 14.5. The lowest BCUT2D eigenvalue weighted by Gasteiger charge is -2.25. The summed E-state index contributed by atoms with van der Waals surface area (Å²) in [6, 6.07) is 2.75. The molecule has 114 valence electrons. The third kappa shape index (κ3) is 3.24. The molecule has 5 nitrogen and oxygen atoms in total. The van der Waals surface area contributed by atoms with Crippen LogP contribution in [0.1, 0.15) is 36.3 Å². The maximum Gasteiger partial charge on any atom is 0.234 e. The molecule has 1 N–H and O–H groups in total. The van der Waals surface area contributed by atoms with Crippen LogP contribution in [0.25, 0.3) is 5.78 Å². The Morgan fingerprint density at radius 3 is 3.00 bits per heavy atom. The number of nitrogens with one attached hydrogen (secondary N) is 1. The maximum atomic E-state index is 4.69. The molecule has 1 unspecified atom stereocenters. The molecule has 0 radical (unpaired) electrons. The second-order valence-electron chi connectivity index (χ2n) is 6.19. The number of fused-ring (bicyclic) bond motifs is 1. The Balaban J connectivity index is 1.76. The number of nitrogens with zero attached hydrogens (tertiary/aromatic N) is 4. The predicted octanol–water partition coefficient (Wildman–Crippen LogP) is 1.92. The van der Waals surface area contributed by atoms with Gasteiger partial charge in [0.15, 0.2) is 0 Å². The number of rotatable bonds is 3. The van der Waals surface area contributed by atoms with E-state index in [2.05, 4.69) is 50.8 Å². The van der Waals surface area contributed by atoms with Crippen molar-refractivity contribution in [1.82, 2.24) is 24.6 Å². The lowest BCUT2D eigenvalue weighted by Crippen LogP contribution is -2.32. The molecule has 0 aliphatic carbocycles. The van der Waals surface area contributed by atoms with Crippen LogP contribution < -0.4 is 5.32 Å². The van der Waals surface area contributed by atoms with Gasteiger partial charge in [0.2, 0.25) is 5.78 Å². The van der Waals surface area contributed by atoms with E-state index in [1.54, 1.807) is 0 Å². The summed E-state index contributed by atoms with van der Waals surface area (Å²) in [6.07, 6.45) is 5.89. The average Bonchev–Trinajstić information content (AvgIpc) is 2.67. The highest BCUT2D eigenvalue weighted by atomic mass is 15.2. The molecule has 0 bridgehead atoms. The molecule has 1 atom stereocenters. The summed E-state index contributed by atoms with van der Waals surface area (Å²) >= 11 is 0. The van der Waals surface area contributed by atoms with Crippen LogP contribution in [0, 0.1) is 13.8 Å². The normalized spacial score (nSPS) is 20.1. The van der Waals surface area contributed by atoms with Gasteiger partial charge < -0.3 is 5.32 Å². The fourth-order valence-corrected chi connectivity index (χ4v) is 3.22. The molecule has 1 aliphatic heterocycles. The molecule has 1 aliphatic rings. The Kier molecular flexibility index (Phi) is 4.22. The smallest absolute Gasteiger partial charge is 0.234 e. The van der Waals surface area contributed by atoms with E-state index in [4.69, 9.17) is 0 Å². The van der Waals surface area contributed by atoms with Gasteiger partial charge in [-0.25, -0.2) is 9.97 Å². The van der Waals surface area contributed by atoms with Gasteiger partial charge in [0.25, 0.3) is 0 Å². The molecule has 1 fully saturated rings. The van der Waals surface area contributed by atoms with Crippen LogP contribution >= 0.6 is 0 Å². The van der Waals surface area contributed by atoms with Crippen molar-refractivity contribution in [2.24, 2.45) is 0 Å². The van der Waals surface area contributed by atoms with Crippen molar-refractivity contribution >= 4 is 5.78 Å². The minimum Gasteiger partial charge on any atom is -0.317 e. The fraction of sp³-hybridized carbons (Fsp3) is 0.625. The molecule has 0 amide bonds. The minimum absolute atomic E-state index is 0.653. The van der Waals surface area contributed by atoms with Gasteiger partial charge in [-0.2, -0.15) is 0 Å². The van der Waals surface area contributed by atoms with Gasteiger partial charge in [0.05, 0.1) is 5.69 Å². The van der Waals surface area contributed by atoms with Gasteiger partial charge in [-0.3, -0.25) is 9.30 Å². The van der Waals surface area contributed by atoms with Gasteiger partial charge in [0, 0.05) is 30.2 Å².